The number of carbonyl (C=O) groups excluding carboxylic acids is 1. The Labute approximate surface area is 149 Å². The lowest BCUT2D eigenvalue weighted by Crippen LogP contribution is -2.11. The first-order valence-electron chi connectivity index (χ1n) is 7.74. The Bertz CT molecular complexity index is 857. The highest BCUT2D eigenvalue weighted by Gasteiger charge is 2.26. The number of ether oxygens (including phenoxy) is 2. The summed E-state index contributed by atoms with van der Waals surface area (Å²) in [5.41, 5.74) is 1.28. The molecular weight excluding hydrogens is 340 g/mol. The Kier molecular flexibility index (Phi) is 5.09. The van der Waals surface area contributed by atoms with Gasteiger partial charge in [0.2, 0.25) is 5.78 Å². The molecule has 0 atom stereocenters. The van der Waals surface area contributed by atoms with E-state index in [-0.39, 0.29) is 5.78 Å². The maximum atomic E-state index is 12.5. The Hall–Kier alpha value is -2.73. The number of Topliss-reactive ketones (excluding diaryl/α,β-unsaturated/α-hetero) is 1. The van der Waals surface area contributed by atoms with Crippen LogP contribution < -0.4 is 9.47 Å². The smallest absolute Gasteiger partial charge is 0.341 e. The van der Waals surface area contributed by atoms with Gasteiger partial charge in [-0.3, -0.25) is 4.79 Å². The summed E-state index contributed by atoms with van der Waals surface area (Å²) in [4.78, 5) is 24.9. The van der Waals surface area contributed by atoms with Crippen molar-refractivity contribution in [2.45, 2.75) is 11.8 Å². The molecule has 0 bridgehead atoms. The average Bonchev–Trinajstić information content (AvgIpc) is 2.91. The van der Waals surface area contributed by atoms with Crippen LogP contribution in [-0.4, -0.2) is 30.1 Å². The quantitative estimate of drug-likeness (QED) is 0.792. The molecule has 1 N–H and O–H groups in total. The van der Waals surface area contributed by atoms with Crippen LogP contribution in [0.3, 0.4) is 0 Å². The fraction of sp³-hybridized carbons (Fsp3) is 0.158. The first-order chi connectivity index (χ1) is 12.1. The van der Waals surface area contributed by atoms with Crippen molar-refractivity contribution < 1.29 is 24.2 Å². The van der Waals surface area contributed by atoms with Crippen molar-refractivity contribution in [2.75, 3.05) is 13.2 Å². The lowest BCUT2D eigenvalue weighted by molar-refractivity contribution is -0.139. The summed E-state index contributed by atoms with van der Waals surface area (Å²) in [5, 5.41) is 8.89. The van der Waals surface area contributed by atoms with Gasteiger partial charge in [-0.15, -0.1) is 0 Å². The number of carbonyl (C=O) groups is 2. The Balaban J connectivity index is 1.98. The van der Waals surface area contributed by atoms with Crippen LogP contribution in [0.5, 0.6) is 11.5 Å². The van der Waals surface area contributed by atoms with Crippen LogP contribution in [0.1, 0.15) is 22.8 Å². The Morgan fingerprint density at radius 1 is 1.16 bits per heavy atom. The molecule has 1 heterocycles. The maximum absolute atomic E-state index is 12.5. The summed E-state index contributed by atoms with van der Waals surface area (Å²) < 4.78 is 10.9. The van der Waals surface area contributed by atoms with Crippen molar-refractivity contribution >= 4 is 29.6 Å². The zero-order chi connectivity index (χ0) is 17.8. The third-order valence-corrected chi connectivity index (χ3v) is 4.61. The van der Waals surface area contributed by atoms with Crippen molar-refractivity contribution in [3.05, 3.63) is 58.5 Å². The van der Waals surface area contributed by atoms with E-state index in [4.69, 9.17) is 14.6 Å². The largest absolute Gasteiger partial charge is 0.490 e. The molecule has 1 aliphatic rings. The van der Waals surface area contributed by atoms with Gasteiger partial charge in [0.25, 0.3) is 0 Å². The molecule has 0 spiro atoms. The number of fused-ring (bicyclic) bond motifs is 1. The second-order valence-electron chi connectivity index (χ2n) is 5.23. The number of hydrogen-bond acceptors (Lipinski definition) is 5. The van der Waals surface area contributed by atoms with Crippen LogP contribution in [-0.2, 0) is 4.79 Å². The van der Waals surface area contributed by atoms with E-state index in [9.17, 15) is 9.59 Å². The standard InChI is InChI=1S/C19H16O5S/c1-2-23-14-8-5-6-12(19(14)24-11-17(20)21)10-16-18(22)13-7-3-4-9-15(13)25-16/h3-10H,2,11H2,1H3,(H,20,21)/b16-10+. The van der Waals surface area contributed by atoms with Gasteiger partial charge in [0.05, 0.1) is 11.5 Å². The molecule has 3 rings (SSSR count). The zero-order valence-electron chi connectivity index (χ0n) is 13.5. The van der Waals surface area contributed by atoms with Gasteiger partial charge in [0.15, 0.2) is 18.1 Å². The van der Waals surface area contributed by atoms with E-state index in [1.54, 1.807) is 30.3 Å². The molecule has 25 heavy (non-hydrogen) atoms. The van der Waals surface area contributed by atoms with E-state index >= 15 is 0 Å². The number of rotatable bonds is 6. The second-order valence-corrected chi connectivity index (χ2v) is 6.31. The van der Waals surface area contributed by atoms with Gasteiger partial charge in [0, 0.05) is 16.0 Å². The van der Waals surface area contributed by atoms with Crippen LogP contribution >= 0.6 is 11.8 Å². The van der Waals surface area contributed by atoms with Crippen molar-refractivity contribution in [2.24, 2.45) is 0 Å². The molecule has 0 saturated carbocycles. The van der Waals surface area contributed by atoms with Crippen LogP contribution in [0.15, 0.2) is 52.3 Å². The van der Waals surface area contributed by atoms with E-state index < -0.39 is 12.6 Å². The predicted octanol–water partition coefficient (Wildman–Crippen LogP) is 3.88. The molecule has 5 nitrogen and oxygen atoms in total. The highest BCUT2D eigenvalue weighted by Crippen LogP contribution is 2.42. The molecule has 2 aromatic carbocycles. The minimum Gasteiger partial charge on any atom is -0.490 e. The molecule has 1 aliphatic heterocycles. The number of thioether (sulfide) groups is 1. The van der Waals surface area contributed by atoms with E-state index in [0.29, 0.717) is 34.1 Å². The number of allylic oxidation sites excluding steroid dienone is 1. The Morgan fingerprint density at radius 3 is 2.68 bits per heavy atom. The molecule has 0 unspecified atom stereocenters. The second kappa shape index (κ2) is 7.44. The summed E-state index contributed by atoms with van der Waals surface area (Å²) in [6, 6.07) is 12.7. The van der Waals surface area contributed by atoms with E-state index in [2.05, 4.69) is 0 Å². The topological polar surface area (TPSA) is 72.8 Å². The lowest BCUT2D eigenvalue weighted by Gasteiger charge is -2.13. The number of carboxylic acids is 1. The van der Waals surface area contributed by atoms with Gasteiger partial charge in [-0.2, -0.15) is 0 Å². The molecule has 0 aliphatic carbocycles. The third-order valence-electron chi connectivity index (χ3n) is 3.51. The lowest BCUT2D eigenvalue weighted by atomic mass is 10.1. The molecule has 0 radical (unpaired) electrons. The van der Waals surface area contributed by atoms with Crippen LogP contribution in [0.4, 0.5) is 0 Å². The monoisotopic (exact) mass is 356 g/mol. The number of ketones is 1. The van der Waals surface area contributed by atoms with E-state index in [0.717, 1.165) is 4.90 Å². The molecule has 2 aromatic rings. The summed E-state index contributed by atoms with van der Waals surface area (Å²) in [5.74, 6) is -0.357. The SMILES string of the molecule is CCOc1cccc(/C=C2/Sc3ccccc3C2=O)c1OCC(=O)O. The highest BCUT2D eigenvalue weighted by atomic mass is 32.2. The number of hydrogen-bond donors (Lipinski definition) is 1. The Morgan fingerprint density at radius 2 is 1.96 bits per heavy atom. The van der Waals surface area contributed by atoms with Gasteiger partial charge >= 0.3 is 5.97 Å². The molecule has 0 amide bonds. The maximum Gasteiger partial charge on any atom is 0.341 e. The minimum atomic E-state index is -1.08. The summed E-state index contributed by atoms with van der Waals surface area (Å²) in [6.45, 7) is 1.77. The average molecular weight is 356 g/mol. The molecule has 0 saturated heterocycles. The van der Waals surface area contributed by atoms with Crippen molar-refractivity contribution in [1.82, 2.24) is 0 Å². The van der Waals surface area contributed by atoms with E-state index in [1.807, 2.05) is 25.1 Å². The van der Waals surface area contributed by atoms with Crippen LogP contribution in [0.2, 0.25) is 0 Å². The fourth-order valence-electron chi connectivity index (χ4n) is 2.48. The third kappa shape index (κ3) is 3.69. The van der Waals surface area contributed by atoms with Crippen LogP contribution in [0, 0.1) is 0 Å². The number of aliphatic carboxylic acids is 1. The molecule has 0 aromatic heterocycles. The normalized spacial score (nSPS) is 14.4. The van der Waals surface area contributed by atoms with Gasteiger partial charge < -0.3 is 14.6 Å². The van der Waals surface area contributed by atoms with Gasteiger partial charge in [-0.1, -0.05) is 36.0 Å². The fourth-order valence-corrected chi connectivity index (χ4v) is 3.52. The van der Waals surface area contributed by atoms with Crippen LogP contribution in [0.25, 0.3) is 6.08 Å². The highest BCUT2D eigenvalue weighted by molar-refractivity contribution is 8.04. The number of benzene rings is 2. The number of para-hydroxylation sites is 1. The van der Waals surface area contributed by atoms with Gasteiger partial charge in [-0.25, -0.2) is 4.79 Å². The first-order valence-corrected chi connectivity index (χ1v) is 8.55. The van der Waals surface area contributed by atoms with Crippen molar-refractivity contribution in [1.29, 1.82) is 0 Å². The molecule has 6 heteroatoms. The molecule has 0 fully saturated rings. The summed E-state index contributed by atoms with van der Waals surface area (Å²) in [6.07, 6.45) is 1.71. The van der Waals surface area contributed by atoms with Gasteiger partial charge in [0.1, 0.15) is 0 Å². The number of carboxylic acid groups (broad SMARTS) is 1. The molecule has 128 valence electrons. The summed E-state index contributed by atoms with van der Waals surface area (Å²) in [7, 11) is 0. The van der Waals surface area contributed by atoms with Crippen molar-refractivity contribution in [3.8, 4) is 11.5 Å². The molecular formula is C19H16O5S. The summed E-state index contributed by atoms with van der Waals surface area (Å²) >= 11 is 1.39. The minimum absolute atomic E-state index is 0.0494. The predicted molar refractivity (Wildman–Crippen MR) is 95.3 cm³/mol. The zero-order valence-corrected chi connectivity index (χ0v) is 14.3. The van der Waals surface area contributed by atoms with E-state index in [1.165, 1.54) is 11.8 Å². The van der Waals surface area contributed by atoms with Gasteiger partial charge in [-0.05, 0) is 31.2 Å². The van der Waals surface area contributed by atoms with Crippen molar-refractivity contribution in [3.63, 3.8) is 0 Å². The first kappa shape index (κ1) is 17.1.